The van der Waals surface area contributed by atoms with Gasteiger partial charge in [0.15, 0.2) is 0 Å². The van der Waals surface area contributed by atoms with Crippen LogP contribution in [0.1, 0.15) is 29.9 Å². The molecule has 1 aromatic carbocycles. The standard InChI is InChI=1S/C17H15FN4O/c18-14-7-12(6-11-9-21-22-15(11)14)17(16(19)23)4-3-13(17)10-2-1-5-20-8-10/h1-2,5-9,13H,3-4H2,(H2,19,23)(H,21,22). The minimum absolute atomic E-state index is 0.0857. The fraction of sp³-hybridized carbons (Fsp3) is 0.235. The van der Waals surface area contributed by atoms with Gasteiger partial charge in [0, 0.05) is 23.7 Å². The number of amides is 1. The van der Waals surface area contributed by atoms with E-state index in [2.05, 4.69) is 15.2 Å². The maximum atomic E-state index is 14.3. The summed E-state index contributed by atoms with van der Waals surface area (Å²) in [4.78, 5) is 16.5. The number of H-pyrrole nitrogens is 1. The van der Waals surface area contributed by atoms with Crippen molar-refractivity contribution in [2.24, 2.45) is 5.73 Å². The van der Waals surface area contributed by atoms with Gasteiger partial charge in [0.25, 0.3) is 0 Å². The van der Waals surface area contributed by atoms with Gasteiger partial charge in [0.05, 0.1) is 11.6 Å². The van der Waals surface area contributed by atoms with E-state index in [1.807, 2.05) is 12.1 Å². The highest BCUT2D eigenvalue weighted by molar-refractivity contribution is 5.91. The molecular weight excluding hydrogens is 295 g/mol. The maximum absolute atomic E-state index is 14.3. The van der Waals surface area contributed by atoms with Crippen LogP contribution in [0.4, 0.5) is 4.39 Å². The van der Waals surface area contributed by atoms with E-state index in [1.54, 1.807) is 24.7 Å². The van der Waals surface area contributed by atoms with Gasteiger partial charge in [-0.25, -0.2) is 4.39 Å². The first-order chi connectivity index (χ1) is 11.1. The topological polar surface area (TPSA) is 84.7 Å². The molecule has 1 aliphatic carbocycles. The lowest BCUT2D eigenvalue weighted by molar-refractivity contribution is -0.127. The summed E-state index contributed by atoms with van der Waals surface area (Å²) in [6, 6.07) is 6.96. The highest BCUT2D eigenvalue weighted by Gasteiger charge is 2.53. The Morgan fingerprint density at radius 3 is 2.91 bits per heavy atom. The number of hydrogen-bond donors (Lipinski definition) is 2. The van der Waals surface area contributed by atoms with Gasteiger partial charge in [0.1, 0.15) is 11.3 Å². The Morgan fingerprint density at radius 1 is 1.39 bits per heavy atom. The average molecular weight is 310 g/mol. The van der Waals surface area contributed by atoms with E-state index in [0.717, 1.165) is 12.0 Å². The number of fused-ring (bicyclic) bond motifs is 1. The molecule has 2 atom stereocenters. The van der Waals surface area contributed by atoms with Crippen LogP contribution in [0.2, 0.25) is 0 Å². The molecule has 116 valence electrons. The fourth-order valence-electron chi connectivity index (χ4n) is 3.66. The Hall–Kier alpha value is -2.76. The number of rotatable bonds is 3. The number of benzene rings is 1. The second kappa shape index (κ2) is 4.87. The second-order valence-electron chi connectivity index (χ2n) is 6.01. The Morgan fingerprint density at radius 2 is 2.26 bits per heavy atom. The van der Waals surface area contributed by atoms with Crippen LogP contribution >= 0.6 is 0 Å². The van der Waals surface area contributed by atoms with Crippen molar-refractivity contribution in [2.75, 3.05) is 0 Å². The van der Waals surface area contributed by atoms with Crippen LogP contribution < -0.4 is 5.73 Å². The first-order valence-electron chi connectivity index (χ1n) is 7.46. The lowest BCUT2D eigenvalue weighted by Gasteiger charge is -2.47. The van der Waals surface area contributed by atoms with E-state index < -0.39 is 17.1 Å². The molecule has 2 heterocycles. The molecule has 0 radical (unpaired) electrons. The number of aromatic amines is 1. The molecule has 3 aromatic rings. The van der Waals surface area contributed by atoms with Gasteiger partial charge < -0.3 is 5.73 Å². The highest BCUT2D eigenvalue weighted by atomic mass is 19.1. The van der Waals surface area contributed by atoms with Crippen molar-refractivity contribution in [1.29, 1.82) is 0 Å². The number of nitrogens with zero attached hydrogens (tertiary/aromatic N) is 2. The van der Waals surface area contributed by atoms with Crippen molar-refractivity contribution in [1.82, 2.24) is 15.2 Å². The van der Waals surface area contributed by atoms with E-state index in [4.69, 9.17) is 5.73 Å². The number of carbonyl (C=O) groups is 1. The molecule has 1 saturated carbocycles. The molecule has 0 spiro atoms. The first kappa shape index (κ1) is 13.9. The number of aromatic nitrogens is 3. The molecule has 3 N–H and O–H groups in total. The molecule has 0 saturated heterocycles. The van der Waals surface area contributed by atoms with Crippen LogP contribution in [0.3, 0.4) is 0 Å². The number of primary amides is 1. The van der Waals surface area contributed by atoms with Gasteiger partial charge in [-0.2, -0.15) is 5.10 Å². The third kappa shape index (κ3) is 1.87. The van der Waals surface area contributed by atoms with E-state index >= 15 is 0 Å². The molecule has 6 heteroatoms. The summed E-state index contributed by atoms with van der Waals surface area (Å²) in [5.74, 6) is -0.940. The monoisotopic (exact) mass is 310 g/mol. The summed E-state index contributed by atoms with van der Waals surface area (Å²) in [6.07, 6.45) is 6.40. The van der Waals surface area contributed by atoms with Gasteiger partial charge >= 0.3 is 0 Å². The van der Waals surface area contributed by atoms with E-state index in [0.29, 0.717) is 22.9 Å². The van der Waals surface area contributed by atoms with Gasteiger partial charge in [-0.15, -0.1) is 0 Å². The normalized spacial score (nSPS) is 23.6. The Kier molecular flexibility index (Phi) is 2.94. The third-order valence-corrected chi connectivity index (χ3v) is 4.96. The SMILES string of the molecule is NC(=O)C1(c2cc(F)c3[nH]ncc3c2)CCC1c1cccnc1. The number of pyridine rings is 1. The van der Waals surface area contributed by atoms with Crippen molar-refractivity contribution in [3.63, 3.8) is 0 Å². The summed E-state index contributed by atoms with van der Waals surface area (Å²) in [5.41, 5.74) is 6.76. The smallest absolute Gasteiger partial charge is 0.228 e. The van der Waals surface area contributed by atoms with Gasteiger partial charge in [-0.05, 0) is 42.2 Å². The third-order valence-electron chi connectivity index (χ3n) is 4.96. The summed E-state index contributed by atoms with van der Waals surface area (Å²) >= 11 is 0. The zero-order chi connectivity index (χ0) is 16.0. The summed E-state index contributed by atoms with van der Waals surface area (Å²) in [7, 11) is 0. The molecule has 2 unspecified atom stereocenters. The second-order valence-corrected chi connectivity index (χ2v) is 6.01. The molecule has 5 nitrogen and oxygen atoms in total. The van der Waals surface area contributed by atoms with Crippen molar-refractivity contribution < 1.29 is 9.18 Å². The number of hydrogen-bond acceptors (Lipinski definition) is 3. The van der Waals surface area contributed by atoms with Crippen molar-refractivity contribution in [3.8, 4) is 0 Å². The summed E-state index contributed by atoms with van der Waals surface area (Å²) in [5, 5.41) is 7.12. The van der Waals surface area contributed by atoms with Crippen LogP contribution in [0.5, 0.6) is 0 Å². The summed E-state index contributed by atoms with van der Waals surface area (Å²) in [6.45, 7) is 0. The van der Waals surface area contributed by atoms with Crippen LogP contribution in [0.15, 0.2) is 42.9 Å². The molecule has 2 aromatic heterocycles. The molecule has 1 fully saturated rings. The number of nitrogens with two attached hydrogens (primary N) is 1. The van der Waals surface area contributed by atoms with Crippen LogP contribution in [0, 0.1) is 5.82 Å². The van der Waals surface area contributed by atoms with Gasteiger partial charge in [-0.1, -0.05) is 6.07 Å². The molecule has 1 amide bonds. The Labute approximate surface area is 131 Å². The predicted octanol–water partition coefficient (Wildman–Crippen LogP) is 2.40. The van der Waals surface area contributed by atoms with E-state index in [9.17, 15) is 9.18 Å². The largest absolute Gasteiger partial charge is 0.369 e. The summed E-state index contributed by atoms with van der Waals surface area (Å²) < 4.78 is 14.3. The van der Waals surface area contributed by atoms with Crippen molar-refractivity contribution >= 4 is 16.8 Å². The molecule has 4 rings (SSSR count). The van der Waals surface area contributed by atoms with Crippen LogP contribution in [-0.2, 0) is 10.2 Å². The lowest BCUT2D eigenvalue weighted by Crippen LogP contribution is -2.52. The molecule has 23 heavy (non-hydrogen) atoms. The van der Waals surface area contributed by atoms with Crippen LogP contribution in [0.25, 0.3) is 10.9 Å². The van der Waals surface area contributed by atoms with E-state index in [1.165, 1.54) is 6.07 Å². The maximum Gasteiger partial charge on any atom is 0.228 e. The Bertz CT molecular complexity index is 892. The van der Waals surface area contributed by atoms with Gasteiger partial charge in [0.2, 0.25) is 5.91 Å². The average Bonchev–Trinajstić information content (AvgIpc) is 2.96. The zero-order valence-corrected chi connectivity index (χ0v) is 12.3. The molecular formula is C17H15FN4O. The highest BCUT2D eigenvalue weighted by Crippen LogP contribution is 2.54. The number of carbonyl (C=O) groups excluding carboxylic acids is 1. The van der Waals surface area contributed by atoms with Gasteiger partial charge in [-0.3, -0.25) is 14.9 Å². The molecule has 0 aliphatic heterocycles. The Balaban J connectivity index is 1.88. The van der Waals surface area contributed by atoms with Crippen molar-refractivity contribution in [2.45, 2.75) is 24.2 Å². The zero-order valence-electron chi connectivity index (χ0n) is 12.3. The minimum atomic E-state index is -0.894. The predicted molar refractivity (Wildman–Crippen MR) is 83.1 cm³/mol. The number of nitrogens with one attached hydrogen (secondary N) is 1. The van der Waals surface area contributed by atoms with Crippen molar-refractivity contribution in [3.05, 3.63) is 59.8 Å². The first-order valence-corrected chi connectivity index (χ1v) is 7.46. The quantitative estimate of drug-likeness (QED) is 0.779. The molecule has 0 bridgehead atoms. The van der Waals surface area contributed by atoms with E-state index in [-0.39, 0.29) is 5.92 Å². The molecule has 1 aliphatic rings. The minimum Gasteiger partial charge on any atom is -0.369 e. The van der Waals surface area contributed by atoms with Crippen LogP contribution in [-0.4, -0.2) is 21.1 Å². The lowest BCUT2D eigenvalue weighted by atomic mass is 9.54. The number of halogens is 1. The fourth-order valence-corrected chi connectivity index (χ4v) is 3.66.